The summed E-state index contributed by atoms with van der Waals surface area (Å²) in [6.07, 6.45) is 6.41. The zero-order valence-corrected chi connectivity index (χ0v) is 11.6. The smallest absolute Gasteiger partial charge is 0.0951 e. The molecule has 19 heavy (non-hydrogen) atoms. The minimum absolute atomic E-state index is 0.579. The maximum Gasteiger partial charge on any atom is 0.0951 e. The SMILES string of the molecule is Clc1cccc(Cn2cncc2C2CCCNC2)c1. The number of imidazole rings is 1. The molecule has 4 heteroatoms. The topological polar surface area (TPSA) is 29.9 Å². The molecule has 0 radical (unpaired) electrons. The quantitative estimate of drug-likeness (QED) is 0.933. The van der Waals surface area contributed by atoms with Gasteiger partial charge >= 0.3 is 0 Å². The van der Waals surface area contributed by atoms with E-state index in [9.17, 15) is 0 Å². The van der Waals surface area contributed by atoms with Gasteiger partial charge in [-0.3, -0.25) is 0 Å². The molecule has 1 aromatic carbocycles. The van der Waals surface area contributed by atoms with Crippen molar-refractivity contribution >= 4 is 11.6 Å². The Bertz CT molecular complexity index is 544. The molecule has 1 unspecified atom stereocenters. The predicted molar refractivity (Wildman–Crippen MR) is 77.6 cm³/mol. The third kappa shape index (κ3) is 2.99. The second-order valence-electron chi connectivity index (χ2n) is 5.12. The van der Waals surface area contributed by atoms with Crippen LogP contribution in [0.15, 0.2) is 36.8 Å². The molecule has 3 nitrogen and oxygen atoms in total. The number of nitrogens with zero attached hydrogens (tertiary/aromatic N) is 2. The van der Waals surface area contributed by atoms with E-state index >= 15 is 0 Å². The van der Waals surface area contributed by atoms with Crippen LogP contribution in [-0.2, 0) is 6.54 Å². The van der Waals surface area contributed by atoms with Gasteiger partial charge in [-0.15, -0.1) is 0 Å². The number of aromatic nitrogens is 2. The Morgan fingerprint density at radius 2 is 2.37 bits per heavy atom. The van der Waals surface area contributed by atoms with Crippen molar-refractivity contribution in [2.45, 2.75) is 25.3 Å². The number of nitrogens with one attached hydrogen (secondary N) is 1. The van der Waals surface area contributed by atoms with E-state index in [0.29, 0.717) is 5.92 Å². The molecular formula is C15H18ClN3. The normalized spacial score (nSPS) is 19.5. The molecule has 0 saturated carbocycles. The molecule has 3 rings (SSSR count). The lowest BCUT2D eigenvalue weighted by molar-refractivity contribution is 0.444. The van der Waals surface area contributed by atoms with E-state index in [2.05, 4.69) is 20.9 Å². The summed E-state index contributed by atoms with van der Waals surface area (Å²) >= 11 is 6.04. The minimum atomic E-state index is 0.579. The van der Waals surface area contributed by atoms with Crippen LogP contribution in [-0.4, -0.2) is 22.6 Å². The number of rotatable bonds is 3. The standard InChI is InChI=1S/C15H18ClN3/c16-14-5-1-3-12(7-14)10-19-11-18-9-15(19)13-4-2-6-17-8-13/h1,3,5,7,9,11,13,17H,2,4,6,8,10H2. The van der Waals surface area contributed by atoms with Gasteiger partial charge in [0.25, 0.3) is 0 Å². The average Bonchev–Trinajstić information content (AvgIpc) is 2.88. The number of hydrogen-bond donors (Lipinski definition) is 1. The second kappa shape index (κ2) is 5.76. The van der Waals surface area contributed by atoms with Gasteiger partial charge in [0.05, 0.1) is 6.33 Å². The van der Waals surface area contributed by atoms with Crippen molar-refractivity contribution in [3.8, 4) is 0 Å². The average molecular weight is 276 g/mol. The Morgan fingerprint density at radius 3 is 3.16 bits per heavy atom. The highest BCUT2D eigenvalue weighted by Gasteiger charge is 2.18. The van der Waals surface area contributed by atoms with Crippen LogP contribution in [0.5, 0.6) is 0 Å². The predicted octanol–water partition coefficient (Wildman–Crippen LogP) is 3.05. The Balaban J connectivity index is 1.80. The number of hydrogen-bond acceptors (Lipinski definition) is 2. The molecule has 0 spiro atoms. The van der Waals surface area contributed by atoms with E-state index in [1.165, 1.54) is 24.1 Å². The maximum atomic E-state index is 6.04. The lowest BCUT2D eigenvalue weighted by Crippen LogP contribution is -2.29. The number of halogens is 1. The zero-order chi connectivity index (χ0) is 13.1. The molecular weight excluding hydrogens is 258 g/mol. The van der Waals surface area contributed by atoms with Gasteiger partial charge in [0.2, 0.25) is 0 Å². The molecule has 100 valence electrons. The molecule has 0 amide bonds. The number of piperidine rings is 1. The van der Waals surface area contributed by atoms with E-state index in [1.54, 1.807) is 0 Å². The van der Waals surface area contributed by atoms with Crippen molar-refractivity contribution in [1.82, 2.24) is 14.9 Å². The summed E-state index contributed by atoms with van der Waals surface area (Å²) in [5.41, 5.74) is 2.54. The first-order valence-corrected chi connectivity index (χ1v) is 7.16. The third-order valence-electron chi connectivity index (χ3n) is 3.70. The van der Waals surface area contributed by atoms with Crippen LogP contribution in [0.25, 0.3) is 0 Å². The summed E-state index contributed by atoms with van der Waals surface area (Å²) in [5, 5.41) is 4.25. The van der Waals surface area contributed by atoms with Gasteiger partial charge < -0.3 is 9.88 Å². The van der Waals surface area contributed by atoms with Crippen molar-refractivity contribution in [2.75, 3.05) is 13.1 Å². The Kier molecular flexibility index (Phi) is 3.85. The Morgan fingerprint density at radius 1 is 1.42 bits per heavy atom. The molecule has 0 aliphatic carbocycles. The van der Waals surface area contributed by atoms with Crippen LogP contribution in [0.3, 0.4) is 0 Å². The third-order valence-corrected chi connectivity index (χ3v) is 3.94. The second-order valence-corrected chi connectivity index (χ2v) is 5.56. The summed E-state index contributed by atoms with van der Waals surface area (Å²) < 4.78 is 2.24. The Hall–Kier alpha value is -1.32. The maximum absolute atomic E-state index is 6.04. The van der Waals surface area contributed by atoms with Crippen LogP contribution in [0.4, 0.5) is 0 Å². The molecule has 1 saturated heterocycles. The minimum Gasteiger partial charge on any atom is -0.330 e. The van der Waals surface area contributed by atoms with Crippen LogP contribution >= 0.6 is 11.6 Å². The van der Waals surface area contributed by atoms with Crippen LogP contribution < -0.4 is 5.32 Å². The number of benzene rings is 1. The van der Waals surface area contributed by atoms with Crippen molar-refractivity contribution < 1.29 is 0 Å². The van der Waals surface area contributed by atoms with Crippen molar-refractivity contribution in [3.05, 3.63) is 53.1 Å². The summed E-state index contributed by atoms with van der Waals surface area (Å²) in [6, 6.07) is 8.03. The van der Waals surface area contributed by atoms with Gasteiger partial charge in [-0.05, 0) is 37.1 Å². The van der Waals surface area contributed by atoms with E-state index in [1.807, 2.05) is 30.7 Å². The highest BCUT2D eigenvalue weighted by Crippen LogP contribution is 2.23. The lowest BCUT2D eigenvalue weighted by Gasteiger charge is -2.23. The first kappa shape index (κ1) is 12.7. The van der Waals surface area contributed by atoms with Crippen LogP contribution in [0.1, 0.15) is 30.0 Å². The van der Waals surface area contributed by atoms with Crippen molar-refractivity contribution in [2.24, 2.45) is 0 Å². The first-order valence-electron chi connectivity index (χ1n) is 6.78. The zero-order valence-electron chi connectivity index (χ0n) is 10.8. The fourth-order valence-electron chi connectivity index (χ4n) is 2.74. The van der Waals surface area contributed by atoms with E-state index in [-0.39, 0.29) is 0 Å². The van der Waals surface area contributed by atoms with Gasteiger partial charge in [-0.25, -0.2) is 4.98 Å². The van der Waals surface area contributed by atoms with Gasteiger partial charge in [-0.1, -0.05) is 23.7 Å². The summed E-state index contributed by atoms with van der Waals surface area (Å²) in [6.45, 7) is 3.03. The lowest BCUT2D eigenvalue weighted by atomic mass is 9.96. The van der Waals surface area contributed by atoms with Crippen LogP contribution in [0.2, 0.25) is 5.02 Å². The van der Waals surface area contributed by atoms with E-state index < -0.39 is 0 Å². The summed E-state index contributed by atoms with van der Waals surface area (Å²) in [5.74, 6) is 0.579. The van der Waals surface area contributed by atoms with E-state index in [4.69, 9.17) is 11.6 Å². The molecule has 1 aliphatic heterocycles. The van der Waals surface area contributed by atoms with Gasteiger partial charge in [-0.2, -0.15) is 0 Å². The molecule has 1 fully saturated rings. The van der Waals surface area contributed by atoms with Gasteiger partial charge in [0.1, 0.15) is 0 Å². The molecule has 1 atom stereocenters. The monoisotopic (exact) mass is 275 g/mol. The van der Waals surface area contributed by atoms with Crippen LogP contribution in [0, 0.1) is 0 Å². The van der Waals surface area contributed by atoms with Gasteiger partial charge in [0, 0.05) is 35.9 Å². The fourth-order valence-corrected chi connectivity index (χ4v) is 2.95. The van der Waals surface area contributed by atoms with Crippen molar-refractivity contribution in [1.29, 1.82) is 0 Å². The fraction of sp³-hybridized carbons (Fsp3) is 0.400. The highest BCUT2D eigenvalue weighted by atomic mass is 35.5. The van der Waals surface area contributed by atoms with E-state index in [0.717, 1.165) is 24.7 Å². The molecule has 1 N–H and O–H groups in total. The highest BCUT2D eigenvalue weighted by molar-refractivity contribution is 6.30. The van der Waals surface area contributed by atoms with Gasteiger partial charge in [0.15, 0.2) is 0 Å². The molecule has 1 aromatic heterocycles. The van der Waals surface area contributed by atoms with Crippen molar-refractivity contribution in [3.63, 3.8) is 0 Å². The molecule has 0 bridgehead atoms. The summed E-state index contributed by atoms with van der Waals surface area (Å²) in [4.78, 5) is 4.32. The largest absolute Gasteiger partial charge is 0.330 e. The summed E-state index contributed by atoms with van der Waals surface area (Å²) in [7, 11) is 0. The molecule has 1 aliphatic rings. The first-order chi connectivity index (χ1) is 9.33. The Labute approximate surface area is 118 Å². The molecule has 2 heterocycles. The molecule has 2 aromatic rings.